The van der Waals surface area contributed by atoms with Crippen LogP contribution in [0.3, 0.4) is 0 Å². The largest absolute Gasteiger partial charge is 0.338 e. The van der Waals surface area contributed by atoms with Crippen molar-refractivity contribution < 1.29 is 4.39 Å². The van der Waals surface area contributed by atoms with E-state index in [-0.39, 0.29) is 5.82 Å². The summed E-state index contributed by atoms with van der Waals surface area (Å²) in [4.78, 5) is 8.85. The Morgan fingerprint density at radius 2 is 1.62 bits per heavy atom. The Bertz CT molecular complexity index is 848. The molecule has 0 fully saturated rings. The number of benzene rings is 2. The summed E-state index contributed by atoms with van der Waals surface area (Å²) < 4.78 is 13.8. The number of para-hydroxylation sites is 2. The molecule has 24 heavy (non-hydrogen) atoms. The highest BCUT2D eigenvalue weighted by Gasteiger charge is 2.07. The Kier molecular flexibility index (Phi) is 4.70. The van der Waals surface area contributed by atoms with Crippen LogP contribution in [0.4, 0.5) is 27.5 Å². The summed E-state index contributed by atoms with van der Waals surface area (Å²) in [7, 11) is 0. The maximum absolute atomic E-state index is 13.8. The van der Waals surface area contributed by atoms with Crippen LogP contribution >= 0.6 is 0 Å². The SMILES string of the molecule is CCc1ccccc1Nc1nc(C)cc(Nc2ccccc2F)n1. The van der Waals surface area contributed by atoms with E-state index < -0.39 is 0 Å². The lowest BCUT2D eigenvalue weighted by Crippen LogP contribution is -2.04. The maximum atomic E-state index is 13.8. The number of nitrogens with one attached hydrogen (secondary N) is 2. The van der Waals surface area contributed by atoms with Crippen LogP contribution in [0.15, 0.2) is 54.6 Å². The normalized spacial score (nSPS) is 10.5. The van der Waals surface area contributed by atoms with Crippen LogP contribution in [-0.2, 0) is 6.42 Å². The van der Waals surface area contributed by atoms with Crippen LogP contribution in [0.5, 0.6) is 0 Å². The second-order valence-corrected chi connectivity index (χ2v) is 5.46. The van der Waals surface area contributed by atoms with Gasteiger partial charge in [-0.15, -0.1) is 0 Å². The van der Waals surface area contributed by atoms with Gasteiger partial charge in [-0.05, 0) is 37.1 Å². The van der Waals surface area contributed by atoms with E-state index in [1.54, 1.807) is 24.3 Å². The number of hydrogen-bond donors (Lipinski definition) is 2. The molecule has 1 heterocycles. The second-order valence-electron chi connectivity index (χ2n) is 5.46. The number of rotatable bonds is 5. The quantitative estimate of drug-likeness (QED) is 0.696. The number of nitrogens with zero attached hydrogens (tertiary/aromatic N) is 2. The molecular weight excluding hydrogens is 303 g/mol. The first-order valence-corrected chi connectivity index (χ1v) is 7.88. The molecule has 0 spiro atoms. The molecule has 122 valence electrons. The summed E-state index contributed by atoms with van der Waals surface area (Å²) in [5.74, 6) is 0.707. The molecule has 4 nitrogen and oxygen atoms in total. The zero-order chi connectivity index (χ0) is 16.9. The zero-order valence-electron chi connectivity index (χ0n) is 13.7. The third-order valence-electron chi connectivity index (χ3n) is 3.64. The fourth-order valence-electron chi connectivity index (χ4n) is 2.46. The highest BCUT2D eigenvalue weighted by Crippen LogP contribution is 2.22. The predicted molar refractivity (Wildman–Crippen MR) is 95.6 cm³/mol. The molecule has 0 aliphatic carbocycles. The van der Waals surface area contributed by atoms with Crippen molar-refractivity contribution >= 4 is 23.1 Å². The van der Waals surface area contributed by atoms with E-state index in [4.69, 9.17) is 0 Å². The van der Waals surface area contributed by atoms with E-state index >= 15 is 0 Å². The summed E-state index contributed by atoms with van der Waals surface area (Å²) in [6.45, 7) is 3.98. The van der Waals surface area contributed by atoms with Crippen LogP contribution in [0, 0.1) is 12.7 Å². The Balaban J connectivity index is 1.88. The Hall–Kier alpha value is -2.95. The van der Waals surface area contributed by atoms with E-state index in [2.05, 4.69) is 33.6 Å². The first-order chi connectivity index (χ1) is 11.7. The van der Waals surface area contributed by atoms with Gasteiger partial charge in [-0.2, -0.15) is 4.98 Å². The minimum Gasteiger partial charge on any atom is -0.338 e. The lowest BCUT2D eigenvalue weighted by molar-refractivity contribution is 0.632. The molecule has 0 bridgehead atoms. The highest BCUT2D eigenvalue weighted by atomic mass is 19.1. The lowest BCUT2D eigenvalue weighted by Gasteiger charge is -2.12. The first kappa shape index (κ1) is 15.9. The van der Waals surface area contributed by atoms with E-state index in [0.29, 0.717) is 17.5 Å². The highest BCUT2D eigenvalue weighted by molar-refractivity contribution is 5.62. The third kappa shape index (κ3) is 3.68. The molecule has 0 saturated heterocycles. The first-order valence-electron chi connectivity index (χ1n) is 7.88. The summed E-state index contributed by atoms with van der Waals surface area (Å²) in [6, 6.07) is 16.3. The van der Waals surface area contributed by atoms with Crippen LogP contribution in [0.1, 0.15) is 18.2 Å². The molecule has 0 unspecified atom stereocenters. The second kappa shape index (κ2) is 7.08. The number of aryl methyl sites for hydroxylation is 2. The topological polar surface area (TPSA) is 49.8 Å². The van der Waals surface area contributed by atoms with Gasteiger partial charge in [0.25, 0.3) is 0 Å². The number of halogens is 1. The molecule has 0 saturated carbocycles. The smallest absolute Gasteiger partial charge is 0.229 e. The average molecular weight is 322 g/mol. The summed E-state index contributed by atoms with van der Waals surface area (Å²) in [5, 5.41) is 6.25. The van der Waals surface area contributed by atoms with Gasteiger partial charge in [-0.25, -0.2) is 9.37 Å². The molecule has 0 aliphatic rings. The van der Waals surface area contributed by atoms with Crippen molar-refractivity contribution in [3.63, 3.8) is 0 Å². The van der Waals surface area contributed by atoms with Crippen LogP contribution in [-0.4, -0.2) is 9.97 Å². The summed E-state index contributed by atoms with van der Waals surface area (Å²) in [6.07, 6.45) is 0.912. The Labute approximate surface area is 140 Å². The van der Waals surface area contributed by atoms with Gasteiger partial charge in [0.15, 0.2) is 0 Å². The van der Waals surface area contributed by atoms with Gasteiger partial charge in [-0.1, -0.05) is 37.3 Å². The fourth-order valence-corrected chi connectivity index (χ4v) is 2.46. The zero-order valence-corrected chi connectivity index (χ0v) is 13.7. The molecule has 0 aliphatic heterocycles. The number of anilines is 4. The van der Waals surface area contributed by atoms with Gasteiger partial charge >= 0.3 is 0 Å². The molecular formula is C19H19FN4. The lowest BCUT2D eigenvalue weighted by atomic mass is 10.1. The van der Waals surface area contributed by atoms with Gasteiger partial charge in [0.05, 0.1) is 5.69 Å². The monoisotopic (exact) mass is 322 g/mol. The minimum atomic E-state index is -0.320. The van der Waals surface area contributed by atoms with Crippen molar-refractivity contribution in [3.8, 4) is 0 Å². The van der Waals surface area contributed by atoms with Crippen molar-refractivity contribution in [1.29, 1.82) is 0 Å². The molecule has 5 heteroatoms. The van der Waals surface area contributed by atoms with Crippen molar-refractivity contribution in [1.82, 2.24) is 9.97 Å². The van der Waals surface area contributed by atoms with Crippen LogP contribution < -0.4 is 10.6 Å². The van der Waals surface area contributed by atoms with Gasteiger partial charge in [0.2, 0.25) is 5.95 Å². The van der Waals surface area contributed by atoms with Gasteiger partial charge in [0.1, 0.15) is 11.6 Å². The molecule has 0 amide bonds. The minimum absolute atomic E-state index is 0.320. The standard InChI is InChI=1S/C19H19FN4/c1-3-14-8-4-6-10-16(14)23-19-21-13(2)12-18(24-19)22-17-11-7-5-9-15(17)20/h4-12H,3H2,1-2H3,(H2,21,22,23,24). The molecule has 3 rings (SSSR count). The van der Waals surface area contributed by atoms with Crippen molar-refractivity contribution in [3.05, 3.63) is 71.7 Å². The predicted octanol–water partition coefficient (Wildman–Crippen LogP) is 4.97. The van der Waals surface area contributed by atoms with E-state index in [0.717, 1.165) is 17.8 Å². The van der Waals surface area contributed by atoms with Gasteiger partial charge in [-0.3, -0.25) is 0 Å². The van der Waals surface area contributed by atoms with E-state index in [9.17, 15) is 4.39 Å². The Morgan fingerprint density at radius 1 is 0.917 bits per heavy atom. The Morgan fingerprint density at radius 3 is 2.38 bits per heavy atom. The van der Waals surface area contributed by atoms with Gasteiger partial charge in [0, 0.05) is 17.4 Å². The number of aromatic nitrogens is 2. The van der Waals surface area contributed by atoms with Crippen LogP contribution in [0.25, 0.3) is 0 Å². The van der Waals surface area contributed by atoms with Gasteiger partial charge < -0.3 is 10.6 Å². The molecule has 3 aromatic rings. The van der Waals surface area contributed by atoms with E-state index in [1.807, 2.05) is 25.1 Å². The average Bonchev–Trinajstić information content (AvgIpc) is 2.57. The maximum Gasteiger partial charge on any atom is 0.229 e. The molecule has 0 atom stereocenters. The van der Waals surface area contributed by atoms with Crippen molar-refractivity contribution in [2.24, 2.45) is 0 Å². The molecule has 0 radical (unpaired) electrons. The fraction of sp³-hybridized carbons (Fsp3) is 0.158. The summed E-state index contributed by atoms with van der Waals surface area (Å²) >= 11 is 0. The molecule has 2 aromatic carbocycles. The third-order valence-corrected chi connectivity index (χ3v) is 3.64. The molecule has 1 aromatic heterocycles. The van der Waals surface area contributed by atoms with E-state index in [1.165, 1.54) is 11.6 Å². The molecule has 2 N–H and O–H groups in total. The van der Waals surface area contributed by atoms with Crippen molar-refractivity contribution in [2.75, 3.05) is 10.6 Å². The van der Waals surface area contributed by atoms with Crippen molar-refractivity contribution in [2.45, 2.75) is 20.3 Å². The van der Waals surface area contributed by atoms with Crippen LogP contribution in [0.2, 0.25) is 0 Å². The summed E-state index contributed by atoms with van der Waals surface area (Å²) in [5.41, 5.74) is 3.34. The number of hydrogen-bond acceptors (Lipinski definition) is 4.